The molecule has 1 unspecified atom stereocenters. The standard InChI is InChI=1S/C7H14NO2P.C5H13N.C2H6/c9-6-8-5-3-1-2-4-7(10)11;1-3-4-5-6-2;1-2/h6H,1-5,11H2,(H,8,9);6H,3-5H2,1-2H3;1-2H3. The van der Waals surface area contributed by atoms with Crippen LogP contribution in [0.25, 0.3) is 0 Å². The van der Waals surface area contributed by atoms with Crippen molar-refractivity contribution in [3.63, 3.8) is 0 Å². The van der Waals surface area contributed by atoms with E-state index in [0.29, 0.717) is 19.4 Å². The summed E-state index contributed by atoms with van der Waals surface area (Å²) in [5.41, 5.74) is 0.161. The Morgan fingerprint density at radius 2 is 1.74 bits per heavy atom. The van der Waals surface area contributed by atoms with Crippen molar-refractivity contribution < 1.29 is 9.59 Å². The Morgan fingerprint density at radius 1 is 1.11 bits per heavy atom. The highest BCUT2D eigenvalue weighted by Gasteiger charge is 1.92. The number of hydrogen-bond acceptors (Lipinski definition) is 3. The topological polar surface area (TPSA) is 58.2 Å². The molecule has 0 aliphatic heterocycles. The van der Waals surface area contributed by atoms with E-state index in [1.165, 1.54) is 12.8 Å². The van der Waals surface area contributed by atoms with Gasteiger partial charge in [-0.15, -0.1) is 0 Å². The molecular weight excluding hydrogens is 259 g/mol. The van der Waals surface area contributed by atoms with E-state index in [2.05, 4.69) is 26.8 Å². The Labute approximate surface area is 121 Å². The zero-order valence-corrected chi connectivity index (χ0v) is 14.3. The SMILES string of the molecule is CC.CCCCNC.O=CNCCCCCC(=O)P. The van der Waals surface area contributed by atoms with Crippen molar-refractivity contribution in [3.8, 4) is 0 Å². The van der Waals surface area contributed by atoms with Gasteiger partial charge in [0.15, 0.2) is 0 Å². The molecule has 0 aromatic carbocycles. The van der Waals surface area contributed by atoms with Crippen molar-refractivity contribution in [1.82, 2.24) is 10.6 Å². The molecule has 5 heteroatoms. The van der Waals surface area contributed by atoms with Crippen molar-refractivity contribution in [2.24, 2.45) is 0 Å². The molecule has 0 radical (unpaired) electrons. The Morgan fingerprint density at radius 3 is 2.11 bits per heavy atom. The van der Waals surface area contributed by atoms with Crippen molar-refractivity contribution in [2.45, 2.75) is 59.3 Å². The van der Waals surface area contributed by atoms with Gasteiger partial charge in [0.05, 0.1) is 0 Å². The van der Waals surface area contributed by atoms with E-state index in [1.807, 2.05) is 20.9 Å². The molecule has 1 amide bonds. The first-order valence-corrected chi connectivity index (χ1v) is 7.86. The van der Waals surface area contributed by atoms with Crippen LogP contribution in [0.2, 0.25) is 0 Å². The maximum absolute atomic E-state index is 10.4. The minimum atomic E-state index is 0.161. The molecular formula is C14H33N2O2P. The fraction of sp³-hybridized carbons (Fsp3) is 0.857. The van der Waals surface area contributed by atoms with E-state index >= 15 is 0 Å². The molecule has 4 nitrogen and oxygen atoms in total. The molecule has 0 aromatic rings. The zero-order valence-electron chi connectivity index (χ0n) is 13.1. The Hall–Kier alpha value is -0.470. The molecule has 19 heavy (non-hydrogen) atoms. The largest absolute Gasteiger partial charge is 0.359 e. The monoisotopic (exact) mass is 292 g/mol. The van der Waals surface area contributed by atoms with Gasteiger partial charge < -0.3 is 10.6 Å². The van der Waals surface area contributed by atoms with Crippen LogP contribution in [-0.2, 0) is 9.59 Å². The summed E-state index contributed by atoms with van der Waals surface area (Å²) in [6, 6.07) is 0. The first kappa shape index (κ1) is 23.6. The molecule has 0 bridgehead atoms. The van der Waals surface area contributed by atoms with Gasteiger partial charge in [0.2, 0.25) is 6.41 Å². The van der Waals surface area contributed by atoms with Crippen molar-refractivity contribution in [1.29, 1.82) is 0 Å². The molecule has 0 rings (SSSR count). The summed E-state index contributed by atoms with van der Waals surface area (Å²) in [5.74, 6) is 0. The molecule has 0 aliphatic carbocycles. The number of carbonyl (C=O) groups excluding carboxylic acids is 2. The molecule has 0 spiro atoms. The Kier molecular flexibility index (Phi) is 32.5. The second-order valence-corrected chi connectivity index (χ2v) is 4.45. The molecule has 0 heterocycles. The lowest BCUT2D eigenvalue weighted by Gasteiger charge is -1.97. The molecule has 0 saturated heterocycles. The predicted octanol–water partition coefficient (Wildman–Crippen LogP) is 2.73. The third-order valence-corrected chi connectivity index (χ3v) is 2.40. The normalized spacial score (nSPS) is 8.47. The second-order valence-electron chi connectivity index (χ2n) is 3.81. The van der Waals surface area contributed by atoms with Crippen LogP contribution in [0.15, 0.2) is 0 Å². The van der Waals surface area contributed by atoms with Crippen LogP contribution in [-0.4, -0.2) is 32.1 Å². The van der Waals surface area contributed by atoms with Gasteiger partial charge in [-0.1, -0.05) is 42.9 Å². The van der Waals surface area contributed by atoms with Crippen LogP contribution < -0.4 is 10.6 Å². The van der Waals surface area contributed by atoms with E-state index in [1.54, 1.807) is 0 Å². The van der Waals surface area contributed by atoms with E-state index in [9.17, 15) is 9.59 Å². The molecule has 116 valence electrons. The van der Waals surface area contributed by atoms with E-state index in [0.717, 1.165) is 25.8 Å². The van der Waals surface area contributed by atoms with Crippen LogP contribution >= 0.6 is 9.24 Å². The highest BCUT2D eigenvalue weighted by Crippen LogP contribution is 2.02. The number of rotatable bonds is 10. The minimum Gasteiger partial charge on any atom is -0.359 e. The van der Waals surface area contributed by atoms with Gasteiger partial charge in [0, 0.05) is 13.0 Å². The average molecular weight is 292 g/mol. The molecule has 1 atom stereocenters. The first-order valence-electron chi connectivity index (χ1n) is 7.28. The van der Waals surface area contributed by atoms with E-state index in [-0.39, 0.29) is 5.52 Å². The minimum absolute atomic E-state index is 0.161. The van der Waals surface area contributed by atoms with E-state index in [4.69, 9.17) is 0 Å². The lowest BCUT2D eigenvalue weighted by molar-refractivity contribution is -0.111. The Bertz CT molecular complexity index is 175. The first-order chi connectivity index (χ1) is 9.18. The molecule has 0 saturated carbocycles. The van der Waals surface area contributed by atoms with Gasteiger partial charge in [-0.2, -0.15) is 0 Å². The van der Waals surface area contributed by atoms with Gasteiger partial charge in [-0.25, -0.2) is 0 Å². The molecule has 2 N–H and O–H groups in total. The summed E-state index contributed by atoms with van der Waals surface area (Å²) in [7, 11) is 4.14. The summed E-state index contributed by atoms with van der Waals surface area (Å²) in [5, 5.41) is 5.63. The van der Waals surface area contributed by atoms with Crippen molar-refractivity contribution in [2.75, 3.05) is 20.1 Å². The van der Waals surface area contributed by atoms with Gasteiger partial charge in [-0.3, -0.25) is 9.59 Å². The molecule has 0 aliphatic rings. The highest BCUT2D eigenvalue weighted by molar-refractivity contribution is 7.40. The summed E-state index contributed by atoms with van der Waals surface area (Å²) in [4.78, 5) is 20.2. The zero-order chi connectivity index (χ0) is 15.4. The second kappa shape index (κ2) is 26.2. The number of carbonyl (C=O) groups is 2. The van der Waals surface area contributed by atoms with Gasteiger partial charge >= 0.3 is 0 Å². The number of hydrogen-bond donors (Lipinski definition) is 2. The number of amides is 1. The lowest BCUT2D eigenvalue weighted by Crippen LogP contribution is -2.11. The summed E-state index contributed by atoms with van der Waals surface area (Å²) in [6.07, 6.45) is 6.80. The van der Waals surface area contributed by atoms with Crippen LogP contribution in [0.1, 0.15) is 59.3 Å². The average Bonchev–Trinajstić information content (AvgIpc) is 2.43. The maximum Gasteiger partial charge on any atom is 0.207 e. The van der Waals surface area contributed by atoms with Gasteiger partial charge in [-0.05, 0) is 32.9 Å². The van der Waals surface area contributed by atoms with Crippen LogP contribution in [0, 0.1) is 0 Å². The maximum atomic E-state index is 10.4. The number of unbranched alkanes of at least 4 members (excludes halogenated alkanes) is 3. The smallest absolute Gasteiger partial charge is 0.207 e. The Balaban J connectivity index is -0.000000271. The fourth-order valence-corrected chi connectivity index (χ4v) is 1.32. The summed E-state index contributed by atoms with van der Waals surface area (Å²) in [6.45, 7) is 8.07. The van der Waals surface area contributed by atoms with Crippen LogP contribution in [0.3, 0.4) is 0 Å². The highest BCUT2D eigenvalue weighted by atomic mass is 31.0. The third-order valence-electron chi connectivity index (χ3n) is 2.11. The van der Waals surface area contributed by atoms with Crippen LogP contribution in [0.5, 0.6) is 0 Å². The predicted molar refractivity (Wildman–Crippen MR) is 87.4 cm³/mol. The molecule has 0 aromatic heterocycles. The van der Waals surface area contributed by atoms with Gasteiger partial charge in [0.1, 0.15) is 5.52 Å². The summed E-state index contributed by atoms with van der Waals surface area (Å²) >= 11 is 0. The third kappa shape index (κ3) is 38.1. The van der Waals surface area contributed by atoms with Crippen molar-refractivity contribution >= 4 is 21.2 Å². The molecule has 0 fully saturated rings. The van der Waals surface area contributed by atoms with Crippen molar-refractivity contribution in [3.05, 3.63) is 0 Å². The van der Waals surface area contributed by atoms with Crippen LogP contribution in [0.4, 0.5) is 0 Å². The van der Waals surface area contributed by atoms with E-state index < -0.39 is 0 Å². The lowest BCUT2D eigenvalue weighted by atomic mass is 10.2. The quantitative estimate of drug-likeness (QED) is 0.370. The number of nitrogens with one attached hydrogen (secondary N) is 2. The summed E-state index contributed by atoms with van der Waals surface area (Å²) < 4.78 is 0. The fourth-order valence-electron chi connectivity index (χ4n) is 1.12. The van der Waals surface area contributed by atoms with Gasteiger partial charge in [0.25, 0.3) is 0 Å².